The number of benzene rings is 1. The van der Waals surface area contributed by atoms with E-state index in [9.17, 15) is 14.0 Å². The van der Waals surface area contributed by atoms with Gasteiger partial charge in [0, 0.05) is 24.3 Å². The van der Waals surface area contributed by atoms with E-state index in [4.69, 9.17) is 5.11 Å². The number of amides is 1. The number of nitrogens with zero attached hydrogens (tertiary/aromatic N) is 2. The van der Waals surface area contributed by atoms with Crippen LogP contribution in [0.3, 0.4) is 0 Å². The third-order valence-corrected chi connectivity index (χ3v) is 5.07. The zero-order valence-corrected chi connectivity index (χ0v) is 13.8. The fourth-order valence-corrected chi connectivity index (χ4v) is 3.85. The van der Waals surface area contributed by atoms with Crippen LogP contribution in [0.2, 0.25) is 0 Å². The van der Waals surface area contributed by atoms with Gasteiger partial charge in [-0.05, 0) is 17.7 Å². The van der Waals surface area contributed by atoms with Gasteiger partial charge in [0.25, 0.3) is 0 Å². The van der Waals surface area contributed by atoms with Crippen LogP contribution in [0.5, 0.6) is 0 Å². The highest BCUT2D eigenvalue weighted by atomic mass is 32.1. The molecule has 126 valence electrons. The SMILES string of the molecule is O=C(O)CCc1nc2c(s1)CN(C(=O)Cc1cccc(F)c1)CC2. The summed E-state index contributed by atoms with van der Waals surface area (Å²) in [6.45, 7) is 1.08. The van der Waals surface area contributed by atoms with Crippen molar-refractivity contribution < 1.29 is 19.1 Å². The van der Waals surface area contributed by atoms with Crippen molar-refractivity contribution in [3.05, 3.63) is 51.2 Å². The Hall–Kier alpha value is -2.28. The van der Waals surface area contributed by atoms with Gasteiger partial charge in [-0.1, -0.05) is 12.1 Å². The molecule has 1 aromatic heterocycles. The second-order valence-corrected chi connectivity index (χ2v) is 6.91. The largest absolute Gasteiger partial charge is 0.481 e. The van der Waals surface area contributed by atoms with Crippen LogP contribution in [0.25, 0.3) is 0 Å². The molecular weight excluding hydrogens is 331 g/mol. The summed E-state index contributed by atoms with van der Waals surface area (Å²) in [6.07, 6.45) is 1.34. The lowest BCUT2D eigenvalue weighted by atomic mass is 10.1. The number of aryl methyl sites for hydroxylation is 1. The summed E-state index contributed by atoms with van der Waals surface area (Å²) in [4.78, 5) is 30.3. The minimum absolute atomic E-state index is 0.0354. The highest BCUT2D eigenvalue weighted by Gasteiger charge is 2.24. The average Bonchev–Trinajstić information content (AvgIpc) is 2.95. The molecule has 0 radical (unpaired) electrons. The van der Waals surface area contributed by atoms with Gasteiger partial charge in [0.05, 0.1) is 30.1 Å². The number of carbonyl (C=O) groups excluding carboxylic acids is 1. The molecule has 24 heavy (non-hydrogen) atoms. The van der Waals surface area contributed by atoms with Gasteiger partial charge < -0.3 is 10.0 Å². The van der Waals surface area contributed by atoms with Crippen LogP contribution in [0.1, 0.15) is 27.6 Å². The van der Waals surface area contributed by atoms with Gasteiger partial charge in [0.15, 0.2) is 0 Å². The zero-order chi connectivity index (χ0) is 17.1. The number of halogens is 1. The molecule has 1 aromatic carbocycles. The fourth-order valence-electron chi connectivity index (χ4n) is 2.72. The van der Waals surface area contributed by atoms with E-state index in [1.165, 1.54) is 23.5 Å². The predicted octanol–water partition coefficient (Wildman–Crippen LogP) is 2.43. The van der Waals surface area contributed by atoms with E-state index >= 15 is 0 Å². The van der Waals surface area contributed by atoms with Crippen molar-refractivity contribution >= 4 is 23.2 Å². The maximum absolute atomic E-state index is 13.2. The van der Waals surface area contributed by atoms with Crippen molar-refractivity contribution in [2.75, 3.05) is 6.54 Å². The summed E-state index contributed by atoms with van der Waals surface area (Å²) < 4.78 is 13.2. The molecule has 0 saturated carbocycles. The monoisotopic (exact) mass is 348 g/mol. The Morgan fingerprint density at radius 3 is 2.96 bits per heavy atom. The highest BCUT2D eigenvalue weighted by Crippen LogP contribution is 2.26. The molecule has 0 fully saturated rings. The smallest absolute Gasteiger partial charge is 0.303 e. The molecular formula is C17H17FN2O3S. The lowest BCUT2D eigenvalue weighted by Gasteiger charge is -2.26. The van der Waals surface area contributed by atoms with Gasteiger partial charge in [-0.15, -0.1) is 11.3 Å². The maximum atomic E-state index is 13.2. The van der Waals surface area contributed by atoms with Gasteiger partial charge in [0.2, 0.25) is 5.91 Å². The number of thiazole rings is 1. The van der Waals surface area contributed by atoms with Gasteiger partial charge in [-0.25, -0.2) is 9.37 Å². The summed E-state index contributed by atoms with van der Waals surface area (Å²) in [6, 6.07) is 6.08. The van der Waals surface area contributed by atoms with Crippen LogP contribution in [0, 0.1) is 5.82 Å². The van der Waals surface area contributed by atoms with Crippen LogP contribution in [0.15, 0.2) is 24.3 Å². The lowest BCUT2D eigenvalue weighted by Crippen LogP contribution is -2.36. The first-order valence-corrected chi connectivity index (χ1v) is 8.54. The van der Waals surface area contributed by atoms with E-state index < -0.39 is 5.97 Å². The number of fused-ring (bicyclic) bond motifs is 1. The van der Waals surface area contributed by atoms with Crippen molar-refractivity contribution in [2.24, 2.45) is 0 Å². The topological polar surface area (TPSA) is 70.5 Å². The van der Waals surface area contributed by atoms with Crippen molar-refractivity contribution in [1.82, 2.24) is 9.88 Å². The number of aliphatic carboxylic acids is 1. The first-order chi connectivity index (χ1) is 11.5. The molecule has 5 nitrogen and oxygen atoms in total. The second kappa shape index (κ2) is 7.09. The predicted molar refractivity (Wildman–Crippen MR) is 87.3 cm³/mol. The number of carboxylic acid groups (broad SMARTS) is 1. The van der Waals surface area contributed by atoms with E-state index in [0.29, 0.717) is 31.5 Å². The van der Waals surface area contributed by atoms with Crippen LogP contribution in [0.4, 0.5) is 4.39 Å². The molecule has 3 rings (SSSR count). The Morgan fingerprint density at radius 2 is 2.21 bits per heavy atom. The van der Waals surface area contributed by atoms with Crippen molar-refractivity contribution in [3.63, 3.8) is 0 Å². The molecule has 0 aliphatic carbocycles. The number of aromatic nitrogens is 1. The molecule has 2 aromatic rings. The zero-order valence-electron chi connectivity index (χ0n) is 13.0. The minimum atomic E-state index is -0.838. The first kappa shape index (κ1) is 16.6. The van der Waals surface area contributed by atoms with E-state index in [-0.39, 0.29) is 24.6 Å². The summed E-state index contributed by atoms with van der Waals surface area (Å²) >= 11 is 1.48. The van der Waals surface area contributed by atoms with Crippen molar-refractivity contribution in [2.45, 2.75) is 32.2 Å². The molecule has 1 N–H and O–H groups in total. The Bertz CT molecular complexity index is 775. The van der Waals surface area contributed by atoms with Gasteiger partial charge in [-0.2, -0.15) is 0 Å². The molecule has 7 heteroatoms. The molecule has 0 saturated heterocycles. The van der Waals surface area contributed by atoms with E-state index in [0.717, 1.165) is 15.6 Å². The highest BCUT2D eigenvalue weighted by molar-refractivity contribution is 7.11. The van der Waals surface area contributed by atoms with Crippen molar-refractivity contribution in [3.8, 4) is 0 Å². The molecule has 1 aliphatic heterocycles. The fraction of sp³-hybridized carbons (Fsp3) is 0.353. The molecule has 1 amide bonds. The molecule has 1 aliphatic rings. The standard InChI is InChI=1S/C17H17FN2O3S/c18-12-3-1-2-11(8-12)9-16(21)20-7-6-13-14(10-20)24-15(19-13)4-5-17(22)23/h1-3,8H,4-7,9-10H2,(H,22,23). The number of carboxylic acids is 1. The Balaban J connectivity index is 1.63. The minimum Gasteiger partial charge on any atom is -0.481 e. The third-order valence-electron chi connectivity index (χ3n) is 3.93. The quantitative estimate of drug-likeness (QED) is 0.901. The summed E-state index contributed by atoms with van der Waals surface area (Å²) in [5.74, 6) is -1.21. The Morgan fingerprint density at radius 1 is 1.38 bits per heavy atom. The number of hydrogen-bond donors (Lipinski definition) is 1. The Kier molecular flexibility index (Phi) is 4.89. The van der Waals surface area contributed by atoms with E-state index in [1.54, 1.807) is 17.0 Å². The van der Waals surface area contributed by atoms with Gasteiger partial charge in [0.1, 0.15) is 5.82 Å². The molecule has 0 unspecified atom stereocenters. The molecule has 2 heterocycles. The van der Waals surface area contributed by atoms with Gasteiger partial charge in [-0.3, -0.25) is 9.59 Å². The molecule has 0 bridgehead atoms. The molecule has 0 atom stereocenters. The number of carbonyl (C=O) groups is 2. The first-order valence-electron chi connectivity index (χ1n) is 7.73. The van der Waals surface area contributed by atoms with Crippen LogP contribution in [-0.4, -0.2) is 33.4 Å². The Labute approximate surface area is 142 Å². The summed E-state index contributed by atoms with van der Waals surface area (Å²) in [5, 5.41) is 9.56. The van der Waals surface area contributed by atoms with Crippen molar-refractivity contribution in [1.29, 1.82) is 0 Å². The van der Waals surface area contributed by atoms with Crippen LogP contribution >= 0.6 is 11.3 Å². The van der Waals surface area contributed by atoms with Crippen LogP contribution < -0.4 is 0 Å². The van der Waals surface area contributed by atoms with Gasteiger partial charge >= 0.3 is 5.97 Å². The molecule has 0 spiro atoms. The third kappa shape index (κ3) is 3.97. The summed E-state index contributed by atoms with van der Waals surface area (Å²) in [7, 11) is 0. The average molecular weight is 348 g/mol. The van der Waals surface area contributed by atoms with Crippen LogP contribution in [-0.2, 0) is 35.4 Å². The van der Waals surface area contributed by atoms with E-state index in [1.807, 2.05) is 0 Å². The lowest BCUT2D eigenvalue weighted by molar-refractivity contribution is -0.137. The second-order valence-electron chi connectivity index (χ2n) is 5.74. The maximum Gasteiger partial charge on any atom is 0.303 e. The summed E-state index contributed by atoms with van der Waals surface area (Å²) in [5.41, 5.74) is 1.63. The van der Waals surface area contributed by atoms with E-state index in [2.05, 4.69) is 4.98 Å². The number of hydrogen-bond acceptors (Lipinski definition) is 4. The number of rotatable bonds is 5. The normalized spacial score (nSPS) is 13.6.